The normalized spacial score (nSPS) is 11.5. The number of hydrogen-bond acceptors (Lipinski definition) is 5. The average Bonchev–Trinajstić information content (AvgIpc) is 3.16. The fraction of sp³-hybridized carbons (Fsp3) is 0.154. The molecule has 0 radical (unpaired) electrons. The Balaban J connectivity index is 2.17. The number of furan rings is 1. The Morgan fingerprint density at radius 1 is 1.25 bits per heavy atom. The van der Waals surface area contributed by atoms with Crippen LogP contribution < -0.4 is 4.74 Å². The minimum atomic E-state index is 0.476. The van der Waals surface area contributed by atoms with Crippen molar-refractivity contribution in [3.8, 4) is 11.6 Å². The number of nitrogens with zero attached hydrogens (tertiary/aromatic N) is 5. The van der Waals surface area contributed by atoms with Crippen molar-refractivity contribution >= 4 is 22.0 Å². The number of ether oxygens (including phenoxy) is 1. The van der Waals surface area contributed by atoms with Gasteiger partial charge in [-0.25, -0.2) is 0 Å². The first-order valence-corrected chi connectivity index (χ1v) is 6.08. The third-order valence-corrected chi connectivity index (χ3v) is 3.43. The average molecular weight is 269 g/mol. The molecule has 7 nitrogen and oxygen atoms in total. The van der Waals surface area contributed by atoms with Gasteiger partial charge in [-0.15, -0.1) is 5.10 Å². The lowest BCUT2D eigenvalue weighted by molar-refractivity contribution is 0.400. The first-order valence-electron chi connectivity index (χ1n) is 6.08. The predicted molar refractivity (Wildman–Crippen MR) is 72.0 cm³/mol. The van der Waals surface area contributed by atoms with E-state index < -0.39 is 0 Å². The molecular weight excluding hydrogens is 258 g/mol. The van der Waals surface area contributed by atoms with Crippen LogP contribution in [0.25, 0.3) is 27.9 Å². The molecule has 0 aliphatic carbocycles. The maximum Gasteiger partial charge on any atom is 0.269 e. The van der Waals surface area contributed by atoms with Gasteiger partial charge in [0.15, 0.2) is 5.58 Å². The van der Waals surface area contributed by atoms with Gasteiger partial charge in [0.25, 0.3) is 5.88 Å². The van der Waals surface area contributed by atoms with E-state index >= 15 is 0 Å². The maximum atomic E-state index is 5.94. The molecule has 100 valence electrons. The Morgan fingerprint density at radius 2 is 2.10 bits per heavy atom. The number of aryl methyl sites for hydroxylation is 1. The smallest absolute Gasteiger partial charge is 0.269 e. The molecule has 4 aromatic rings. The van der Waals surface area contributed by atoms with E-state index in [0.29, 0.717) is 11.6 Å². The Hall–Kier alpha value is -2.83. The number of aromatic nitrogens is 5. The van der Waals surface area contributed by atoms with E-state index in [9.17, 15) is 0 Å². The van der Waals surface area contributed by atoms with Gasteiger partial charge < -0.3 is 13.7 Å². The van der Waals surface area contributed by atoms with Crippen LogP contribution in [0, 0.1) is 0 Å². The Labute approximate surface area is 113 Å². The number of rotatable bonds is 2. The van der Waals surface area contributed by atoms with Crippen molar-refractivity contribution in [1.29, 1.82) is 0 Å². The van der Waals surface area contributed by atoms with Crippen LogP contribution in [0.3, 0.4) is 0 Å². The molecule has 0 saturated carbocycles. The Morgan fingerprint density at radius 3 is 2.85 bits per heavy atom. The Kier molecular flexibility index (Phi) is 2.11. The predicted octanol–water partition coefficient (Wildman–Crippen LogP) is 1.91. The van der Waals surface area contributed by atoms with Crippen LogP contribution in [0.5, 0.6) is 5.75 Å². The number of tetrazole rings is 1. The van der Waals surface area contributed by atoms with Crippen molar-refractivity contribution in [3.63, 3.8) is 0 Å². The second-order valence-electron chi connectivity index (χ2n) is 4.45. The highest BCUT2D eigenvalue weighted by Crippen LogP contribution is 2.40. The minimum Gasteiger partial charge on any atom is -0.490 e. The summed E-state index contributed by atoms with van der Waals surface area (Å²) in [6, 6.07) is 8.04. The van der Waals surface area contributed by atoms with Gasteiger partial charge in [-0.1, -0.05) is 12.1 Å². The maximum absolute atomic E-state index is 5.94. The summed E-state index contributed by atoms with van der Waals surface area (Å²) < 4.78 is 14.9. The lowest BCUT2D eigenvalue weighted by Gasteiger charge is -2.02. The SMILES string of the molecule is COc1c(-n2cnnn2)oc2c3ccccc3n(C)c12. The lowest BCUT2D eigenvalue weighted by Crippen LogP contribution is -1.97. The topological polar surface area (TPSA) is 70.9 Å². The van der Waals surface area contributed by atoms with Gasteiger partial charge in [-0.2, -0.15) is 4.68 Å². The summed E-state index contributed by atoms with van der Waals surface area (Å²) in [5, 5.41) is 12.1. The van der Waals surface area contributed by atoms with Gasteiger partial charge in [0, 0.05) is 12.4 Å². The molecule has 4 rings (SSSR count). The van der Waals surface area contributed by atoms with Crippen molar-refractivity contribution in [2.75, 3.05) is 7.11 Å². The van der Waals surface area contributed by atoms with Crippen LogP contribution >= 0.6 is 0 Å². The van der Waals surface area contributed by atoms with E-state index in [1.54, 1.807) is 7.11 Å². The van der Waals surface area contributed by atoms with Gasteiger partial charge >= 0.3 is 0 Å². The fourth-order valence-corrected chi connectivity index (χ4v) is 2.55. The molecule has 0 amide bonds. The second-order valence-corrected chi connectivity index (χ2v) is 4.45. The summed E-state index contributed by atoms with van der Waals surface area (Å²) in [5.41, 5.74) is 2.74. The number of fused-ring (bicyclic) bond motifs is 3. The van der Waals surface area contributed by atoms with Crippen LogP contribution in [-0.4, -0.2) is 31.9 Å². The van der Waals surface area contributed by atoms with E-state index in [1.807, 2.05) is 35.9 Å². The third kappa shape index (κ3) is 1.26. The highest BCUT2D eigenvalue weighted by molar-refractivity contribution is 6.08. The summed E-state index contributed by atoms with van der Waals surface area (Å²) >= 11 is 0. The van der Waals surface area contributed by atoms with E-state index in [2.05, 4.69) is 15.5 Å². The van der Waals surface area contributed by atoms with Crippen LogP contribution in [0.15, 0.2) is 35.0 Å². The molecule has 0 N–H and O–H groups in total. The molecule has 3 heterocycles. The van der Waals surface area contributed by atoms with Gasteiger partial charge in [-0.3, -0.25) is 0 Å². The lowest BCUT2D eigenvalue weighted by atomic mass is 10.2. The number of methoxy groups -OCH3 is 1. The monoisotopic (exact) mass is 269 g/mol. The van der Waals surface area contributed by atoms with E-state index in [0.717, 1.165) is 22.0 Å². The van der Waals surface area contributed by atoms with Gasteiger partial charge in [0.1, 0.15) is 11.8 Å². The number of para-hydroxylation sites is 1. The molecule has 1 aromatic carbocycles. The summed E-state index contributed by atoms with van der Waals surface area (Å²) in [5.74, 6) is 1.09. The molecule has 0 atom stereocenters. The zero-order chi connectivity index (χ0) is 13.7. The van der Waals surface area contributed by atoms with Crippen molar-refractivity contribution < 1.29 is 9.15 Å². The minimum absolute atomic E-state index is 0.476. The zero-order valence-corrected chi connectivity index (χ0v) is 10.9. The van der Waals surface area contributed by atoms with Crippen molar-refractivity contribution in [2.45, 2.75) is 0 Å². The number of hydrogen-bond donors (Lipinski definition) is 0. The van der Waals surface area contributed by atoms with Crippen LogP contribution in [0.1, 0.15) is 0 Å². The molecular formula is C13H11N5O2. The third-order valence-electron chi connectivity index (χ3n) is 3.43. The van der Waals surface area contributed by atoms with E-state index in [4.69, 9.17) is 9.15 Å². The molecule has 0 saturated heterocycles. The molecule has 0 aliphatic heterocycles. The van der Waals surface area contributed by atoms with Crippen molar-refractivity contribution in [3.05, 3.63) is 30.6 Å². The molecule has 0 aliphatic rings. The highest BCUT2D eigenvalue weighted by Gasteiger charge is 2.23. The molecule has 0 bridgehead atoms. The number of benzene rings is 1. The quantitative estimate of drug-likeness (QED) is 0.556. The summed E-state index contributed by atoms with van der Waals surface area (Å²) in [4.78, 5) is 0. The van der Waals surface area contributed by atoms with Crippen molar-refractivity contribution in [1.82, 2.24) is 24.8 Å². The first kappa shape index (κ1) is 11.0. The van der Waals surface area contributed by atoms with E-state index in [-0.39, 0.29) is 0 Å². The van der Waals surface area contributed by atoms with Gasteiger partial charge in [-0.05, 0) is 22.6 Å². The molecule has 0 fully saturated rings. The zero-order valence-electron chi connectivity index (χ0n) is 10.9. The fourth-order valence-electron chi connectivity index (χ4n) is 2.55. The Bertz CT molecular complexity index is 904. The van der Waals surface area contributed by atoms with Crippen LogP contribution in [0.2, 0.25) is 0 Å². The highest BCUT2D eigenvalue weighted by atomic mass is 16.5. The van der Waals surface area contributed by atoms with E-state index in [1.165, 1.54) is 11.0 Å². The summed E-state index contributed by atoms with van der Waals surface area (Å²) in [7, 11) is 3.59. The van der Waals surface area contributed by atoms with Gasteiger partial charge in [0.05, 0.1) is 12.6 Å². The molecule has 7 heteroatoms. The molecule has 20 heavy (non-hydrogen) atoms. The molecule has 0 spiro atoms. The van der Waals surface area contributed by atoms with Crippen molar-refractivity contribution in [2.24, 2.45) is 7.05 Å². The summed E-state index contributed by atoms with van der Waals surface area (Å²) in [6.45, 7) is 0. The standard InChI is InChI=1S/C13H11N5O2/c1-17-9-6-4-3-5-8(9)11-10(17)12(19-2)13(20-11)18-7-14-15-16-18/h3-7H,1-2H3. The largest absolute Gasteiger partial charge is 0.490 e. The van der Waals surface area contributed by atoms with Crippen LogP contribution in [0.4, 0.5) is 0 Å². The van der Waals surface area contributed by atoms with Crippen LogP contribution in [-0.2, 0) is 7.05 Å². The first-order chi connectivity index (χ1) is 9.81. The summed E-state index contributed by atoms with van der Waals surface area (Å²) in [6.07, 6.45) is 1.47. The second kappa shape index (κ2) is 3.83. The molecule has 3 aromatic heterocycles. The van der Waals surface area contributed by atoms with Gasteiger partial charge in [0.2, 0.25) is 5.75 Å². The molecule has 0 unspecified atom stereocenters.